The topological polar surface area (TPSA) is 108 Å². The summed E-state index contributed by atoms with van der Waals surface area (Å²) in [5.74, 6) is 1.73. The van der Waals surface area contributed by atoms with E-state index in [1.807, 2.05) is 29.3 Å². The van der Waals surface area contributed by atoms with Crippen LogP contribution in [0.4, 0.5) is 5.82 Å². The fourth-order valence-electron chi connectivity index (χ4n) is 5.51. The maximum atomic E-state index is 12.8. The van der Waals surface area contributed by atoms with Gasteiger partial charge in [-0.1, -0.05) is 39.0 Å². The molecular formula is C32H39N7O3S. The van der Waals surface area contributed by atoms with Crippen LogP contribution < -0.4 is 4.90 Å². The number of aromatic amines is 1. The smallest absolute Gasteiger partial charge is 0.223 e. The first-order chi connectivity index (χ1) is 20.7. The van der Waals surface area contributed by atoms with Crippen LogP contribution in [0.1, 0.15) is 38.5 Å². The lowest BCUT2D eigenvalue weighted by Crippen LogP contribution is -2.48. The molecule has 0 radical (unpaired) electrons. The van der Waals surface area contributed by atoms with Gasteiger partial charge in [-0.3, -0.25) is 19.6 Å². The molecule has 1 N–H and O–H groups in total. The fourth-order valence-corrected chi connectivity index (χ4v) is 6.66. The van der Waals surface area contributed by atoms with Gasteiger partial charge in [0.25, 0.3) is 0 Å². The number of H-pyrrole nitrogens is 1. The lowest BCUT2D eigenvalue weighted by atomic mass is 9.95. The van der Waals surface area contributed by atoms with E-state index in [0.717, 1.165) is 65.2 Å². The molecule has 0 aliphatic carbocycles. The Bertz CT molecular complexity index is 1640. The molecule has 0 unspecified atom stereocenters. The zero-order valence-corrected chi connectivity index (χ0v) is 26.0. The van der Waals surface area contributed by atoms with Crippen molar-refractivity contribution in [2.75, 3.05) is 57.4 Å². The highest BCUT2D eigenvalue weighted by Gasteiger charge is 2.24. The van der Waals surface area contributed by atoms with Crippen molar-refractivity contribution in [1.29, 1.82) is 0 Å². The van der Waals surface area contributed by atoms with Gasteiger partial charge >= 0.3 is 0 Å². The molecule has 2 saturated heterocycles. The minimum Gasteiger partial charge on any atom is -0.378 e. The van der Waals surface area contributed by atoms with Crippen LogP contribution in [-0.2, 0) is 20.9 Å². The lowest BCUT2D eigenvalue weighted by Gasteiger charge is -2.34. The van der Waals surface area contributed by atoms with Crippen molar-refractivity contribution in [3.05, 3.63) is 47.5 Å². The summed E-state index contributed by atoms with van der Waals surface area (Å²) in [7, 11) is 0. The van der Waals surface area contributed by atoms with E-state index in [1.54, 1.807) is 17.4 Å². The van der Waals surface area contributed by atoms with E-state index in [9.17, 15) is 9.59 Å². The maximum absolute atomic E-state index is 12.8. The number of hydrogen-bond donors (Lipinski definition) is 1. The average Bonchev–Trinajstić information content (AvgIpc) is 3.65. The van der Waals surface area contributed by atoms with Crippen molar-refractivity contribution in [2.24, 2.45) is 5.41 Å². The highest BCUT2D eigenvalue weighted by molar-refractivity contribution is 7.19. The second-order valence-electron chi connectivity index (χ2n) is 12.4. The number of aromatic nitrogens is 4. The highest BCUT2D eigenvalue weighted by atomic mass is 32.1. The summed E-state index contributed by atoms with van der Waals surface area (Å²) in [6.45, 7) is 12.9. The zero-order valence-electron chi connectivity index (χ0n) is 25.1. The third kappa shape index (κ3) is 6.95. The van der Waals surface area contributed by atoms with Crippen molar-refractivity contribution in [3.63, 3.8) is 0 Å². The number of morpholine rings is 1. The molecule has 6 rings (SSSR count). The SMILES string of the molecule is CC(C)(C)/C=C/C(=O)CCC(=O)N1CCN(Cc2cc3nc(-c4cccc5[nH]ncc45)nc(N4CCOCC4)c3s2)CC1. The van der Waals surface area contributed by atoms with Crippen LogP contribution >= 0.6 is 11.3 Å². The standard InChI is InChI=1S/C32H39N7O3S/c1-32(2,3)10-9-22(40)7-8-28(41)38-13-11-37(12-14-38)21-23-19-27-29(43-23)31(39-15-17-42-18-16-39)35-30(34-27)24-5-4-6-26-25(24)20-33-36-26/h4-6,9-10,19-20H,7-8,11-18,21H2,1-3H3,(H,33,36)/b10-9+. The number of benzene rings is 1. The Morgan fingerprint density at radius 2 is 1.84 bits per heavy atom. The second kappa shape index (κ2) is 12.5. The van der Waals surface area contributed by atoms with E-state index in [4.69, 9.17) is 14.7 Å². The van der Waals surface area contributed by atoms with Crippen molar-refractivity contribution in [3.8, 4) is 11.4 Å². The van der Waals surface area contributed by atoms with Gasteiger partial charge in [0.05, 0.1) is 35.1 Å². The Morgan fingerprint density at radius 1 is 1.05 bits per heavy atom. The monoisotopic (exact) mass is 601 g/mol. The molecule has 5 heterocycles. The number of carbonyl (C=O) groups is 2. The predicted octanol–water partition coefficient (Wildman–Crippen LogP) is 4.67. The van der Waals surface area contributed by atoms with Gasteiger partial charge in [-0.05, 0) is 23.6 Å². The number of thiophene rings is 1. The molecule has 0 spiro atoms. The van der Waals surface area contributed by atoms with Gasteiger partial charge in [0.2, 0.25) is 5.91 Å². The molecule has 0 atom stereocenters. The van der Waals surface area contributed by atoms with Gasteiger partial charge in [-0.15, -0.1) is 11.3 Å². The Hall–Kier alpha value is -3.67. The molecule has 226 valence electrons. The molecular weight excluding hydrogens is 562 g/mol. The third-order valence-electron chi connectivity index (χ3n) is 7.90. The van der Waals surface area contributed by atoms with Gasteiger partial charge in [0, 0.05) is 74.5 Å². The number of anilines is 1. The van der Waals surface area contributed by atoms with Gasteiger partial charge in [-0.25, -0.2) is 9.97 Å². The number of ether oxygens (including phenoxy) is 1. The van der Waals surface area contributed by atoms with Crippen LogP contribution in [0.5, 0.6) is 0 Å². The molecule has 0 bridgehead atoms. The normalized spacial score (nSPS) is 17.0. The number of hydrogen-bond acceptors (Lipinski definition) is 9. The van der Waals surface area contributed by atoms with Gasteiger partial charge in [-0.2, -0.15) is 5.10 Å². The fraction of sp³-hybridized carbons (Fsp3) is 0.469. The summed E-state index contributed by atoms with van der Waals surface area (Å²) < 4.78 is 6.72. The van der Waals surface area contributed by atoms with E-state index in [-0.39, 0.29) is 29.9 Å². The molecule has 1 aromatic carbocycles. The van der Waals surface area contributed by atoms with E-state index in [2.05, 4.69) is 52.9 Å². The summed E-state index contributed by atoms with van der Waals surface area (Å²) in [6, 6.07) is 8.26. The van der Waals surface area contributed by atoms with Crippen molar-refractivity contribution < 1.29 is 14.3 Å². The average molecular weight is 602 g/mol. The summed E-state index contributed by atoms with van der Waals surface area (Å²) >= 11 is 1.75. The Labute approximate surface area is 255 Å². The maximum Gasteiger partial charge on any atom is 0.223 e. The Kier molecular flexibility index (Phi) is 8.56. The number of nitrogens with zero attached hydrogens (tertiary/aromatic N) is 6. The number of nitrogens with one attached hydrogen (secondary N) is 1. The van der Waals surface area contributed by atoms with Crippen LogP contribution in [0.25, 0.3) is 32.5 Å². The first-order valence-corrected chi connectivity index (χ1v) is 15.8. The number of piperazine rings is 1. The van der Waals surface area contributed by atoms with Crippen LogP contribution in [0.3, 0.4) is 0 Å². The second-order valence-corrected chi connectivity index (χ2v) is 13.5. The predicted molar refractivity (Wildman–Crippen MR) is 170 cm³/mol. The van der Waals surface area contributed by atoms with E-state index in [0.29, 0.717) is 32.1 Å². The number of fused-ring (bicyclic) bond motifs is 2. The molecule has 2 aliphatic rings. The van der Waals surface area contributed by atoms with Crippen LogP contribution in [0.2, 0.25) is 0 Å². The molecule has 0 saturated carbocycles. The molecule has 43 heavy (non-hydrogen) atoms. The van der Waals surface area contributed by atoms with Crippen LogP contribution in [0.15, 0.2) is 42.6 Å². The largest absolute Gasteiger partial charge is 0.378 e. The molecule has 2 fully saturated rings. The quantitative estimate of drug-likeness (QED) is 0.291. The Balaban J connectivity index is 1.14. The van der Waals surface area contributed by atoms with Gasteiger partial charge in [0.15, 0.2) is 17.4 Å². The minimum absolute atomic E-state index is 0.0100. The summed E-state index contributed by atoms with van der Waals surface area (Å²) in [5, 5.41) is 8.28. The third-order valence-corrected chi connectivity index (χ3v) is 9.00. The number of allylic oxidation sites excluding steroid dienone is 2. The first kappa shape index (κ1) is 29.4. The van der Waals surface area contributed by atoms with E-state index >= 15 is 0 Å². The number of rotatable bonds is 8. The molecule has 1 amide bonds. The number of carbonyl (C=O) groups excluding carboxylic acids is 2. The first-order valence-electron chi connectivity index (χ1n) is 15.0. The Morgan fingerprint density at radius 3 is 2.60 bits per heavy atom. The minimum atomic E-state index is -0.0434. The van der Waals surface area contributed by atoms with Gasteiger partial charge < -0.3 is 14.5 Å². The molecule has 2 aliphatic heterocycles. The lowest BCUT2D eigenvalue weighted by molar-refractivity contribution is -0.134. The number of amides is 1. The molecule has 10 nitrogen and oxygen atoms in total. The summed E-state index contributed by atoms with van der Waals surface area (Å²) in [4.78, 5) is 42.9. The van der Waals surface area contributed by atoms with Crippen molar-refractivity contribution >= 4 is 50.0 Å². The molecule has 3 aromatic heterocycles. The zero-order chi connectivity index (χ0) is 30.0. The van der Waals surface area contributed by atoms with E-state index in [1.165, 1.54) is 4.88 Å². The highest BCUT2D eigenvalue weighted by Crippen LogP contribution is 2.36. The van der Waals surface area contributed by atoms with Crippen molar-refractivity contribution in [1.82, 2.24) is 30.0 Å². The molecule has 4 aromatic rings. The summed E-state index contributed by atoms with van der Waals surface area (Å²) in [5.41, 5.74) is 2.83. The summed E-state index contributed by atoms with van der Waals surface area (Å²) in [6.07, 6.45) is 5.88. The molecule has 11 heteroatoms. The van der Waals surface area contributed by atoms with Crippen molar-refractivity contribution in [2.45, 2.75) is 40.2 Å². The van der Waals surface area contributed by atoms with E-state index < -0.39 is 0 Å². The van der Waals surface area contributed by atoms with Gasteiger partial charge in [0.1, 0.15) is 0 Å². The number of ketones is 1. The van der Waals surface area contributed by atoms with Crippen LogP contribution in [-0.4, -0.2) is 94.1 Å². The van der Waals surface area contributed by atoms with Crippen LogP contribution in [0, 0.1) is 5.41 Å².